The fourth-order valence-electron chi connectivity index (χ4n) is 2.76. The van der Waals surface area contributed by atoms with Gasteiger partial charge in [0.05, 0.1) is 12.5 Å². The van der Waals surface area contributed by atoms with Gasteiger partial charge in [-0.3, -0.25) is 9.48 Å². The molecule has 8 heteroatoms. The van der Waals surface area contributed by atoms with Crippen LogP contribution in [0, 0.1) is 5.92 Å². The molecule has 2 rings (SSSR count). The van der Waals surface area contributed by atoms with E-state index >= 15 is 0 Å². The highest BCUT2D eigenvalue weighted by Gasteiger charge is 2.21. The van der Waals surface area contributed by atoms with Crippen molar-refractivity contribution in [3.8, 4) is 0 Å². The maximum atomic E-state index is 12.6. The van der Waals surface area contributed by atoms with Crippen molar-refractivity contribution in [2.75, 3.05) is 19.4 Å². The SMILES string of the molecule is CC(C)C[C@@H](NC(=O)Nc1ccccc1CC(=O)N(C)C)c1ncnn1C. The second kappa shape index (κ2) is 9.16. The number of benzene rings is 1. The Hall–Kier alpha value is -2.90. The normalized spacial score (nSPS) is 11.9. The minimum absolute atomic E-state index is 0.0265. The minimum Gasteiger partial charge on any atom is -0.349 e. The maximum absolute atomic E-state index is 12.6. The molecular formula is C19H28N6O2. The number of urea groups is 1. The molecular weight excluding hydrogens is 344 g/mol. The van der Waals surface area contributed by atoms with Crippen molar-refractivity contribution < 1.29 is 9.59 Å². The van der Waals surface area contributed by atoms with E-state index in [-0.39, 0.29) is 24.4 Å². The highest BCUT2D eigenvalue weighted by molar-refractivity contribution is 5.91. The summed E-state index contributed by atoms with van der Waals surface area (Å²) in [7, 11) is 5.22. The molecule has 0 fully saturated rings. The fourth-order valence-corrected chi connectivity index (χ4v) is 2.76. The number of hydrogen-bond acceptors (Lipinski definition) is 4. The largest absolute Gasteiger partial charge is 0.349 e. The Labute approximate surface area is 160 Å². The predicted octanol–water partition coefficient (Wildman–Crippen LogP) is 2.35. The number of aryl methyl sites for hydroxylation is 1. The maximum Gasteiger partial charge on any atom is 0.319 e. The number of hydrogen-bond donors (Lipinski definition) is 2. The number of para-hydroxylation sites is 1. The number of nitrogens with zero attached hydrogens (tertiary/aromatic N) is 4. The van der Waals surface area contributed by atoms with Gasteiger partial charge in [0, 0.05) is 26.8 Å². The number of amides is 3. The van der Waals surface area contributed by atoms with Crippen LogP contribution in [0.2, 0.25) is 0 Å². The smallest absolute Gasteiger partial charge is 0.319 e. The van der Waals surface area contributed by atoms with Crippen LogP contribution in [-0.2, 0) is 18.3 Å². The Morgan fingerprint density at radius 3 is 2.52 bits per heavy atom. The summed E-state index contributed by atoms with van der Waals surface area (Å²) in [5.41, 5.74) is 1.39. The molecule has 0 saturated carbocycles. The van der Waals surface area contributed by atoms with Gasteiger partial charge in [-0.1, -0.05) is 32.0 Å². The first-order valence-electron chi connectivity index (χ1n) is 8.97. The fraction of sp³-hybridized carbons (Fsp3) is 0.474. The Bertz CT molecular complexity index is 784. The number of aromatic nitrogens is 3. The monoisotopic (exact) mass is 372 g/mol. The first-order valence-corrected chi connectivity index (χ1v) is 8.97. The molecule has 146 valence electrons. The summed E-state index contributed by atoms with van der Waals surface area (Å²) in [6, 6.07) is 6.71. The van der Waals surface area contributed by atoms with Crippen molar-refractivity contribution in [3.63, 3.8) is 0 Å². The van der Waals surface area contributed by atoms with Gasteiger partial charge in [0.25, 0.3) is 0 Å². The standard InChI is InChI=1S/C19H28N6O2/c1-13(2)10-16(18-20-12-21-25(18)5)23-19(27)22-15-9-7-6-8-14(15)11-17(26)24(3)4/h6-9,12-13,16H,10-11H2,1-5H3,(H2,22,23,27)/t16-/m1/s1. The lowest BCUT2D eigenvalue weighted by Gasteiger charge is -2.21. The Morgan fingerprint density at radius 2 is 1.93 bits per heavy atom. The van der Waals surface area contributed by atoms with E-state index in [0.29, 0.717) is 17.4 Å². The molecule has 0 aliphatic rings. The zero-order valence-electron chi connectivity index (χ0n) is 16.6. The third kappa shape index (κ3) is 5.80. The van der Waals surface area contributed by atoms with Crippen LogP contribution in [0.15, 0.2) is 30.6 Å². The number of likely N-dealkylation sites (N-methyl/N-ethyl adjacent to an activating group) is 1. The van der Waals surface area contributed by atoms with E-state index in [1.165, 1.54) is 11.2 Å². The molecule has 1 aromatic heterocycles. The van der Waals surface area contributed by atoms with Crippen molar-refractivity contribution in [1.82, 2.24) is 25.0 Å². The molecule has 2 N–H and O–H groups in total. The molecule has 0 radical (unpaired) electrons. The van der Waals surface area contributed by atoms with E-state index < -0.39 is 0 Å². The van der Waals surface area contributed by atoms with Crippen molar-refractivity contribution in [2.45, 2.75) is 32.7 Å². The average Bonchev–Trinajstić information content (AvgIpc) is 3.01. The van der Waals surface area contributed by atoms with Gasteiger partial charge in [-0.2, -0.15) is 5.10 Å². The van der Waals surface area contributed by atoms with Gasteiger partial charge < -0.3 is 15.5 Å². The second-order valence-corrected chi connectivity index (χ2v) is 7.14. The zero-order valence-corrected chi connectivity index (χ0v) is 16.6. The Morgan fingerprint density at radius 1 is 1.22 bits per heavy atom. The lowest BCUT2D eigenvalue weighted by atomic mass is 10.0. The summed E-state index contributed by atoms with van der Waals surface area (Å²) in [5, 5.41) is 9.93. The van der Waals surface area contributed by atoms with Gasteiger partial charge in [0.15, 0.2) is 0 Å². The summed E-state index contributed by atoms with van der Waals surface area (Å²) in [6.07, 6.45) is 2.44. The van der Waals surface area contributed by atoms with Crippen LogP contribution >= 0.6 is 0 Å². The van der Waals surface area contributed by atoms with Crippen molar-refractivity contribution >= 4 is 17.6 Å². The van der Waals surface area contributed by atoms with Gasteiger partial charge in [0.2, 0.25) is 5.91 Å². The summed E-state index contributed by atoms with van der Waals surface area (Å²) in [4.78, 5) is 30.4. The van der Waals surface area contributed by atoms with Gasteiger partial charge >= 0.3 is 6.03 Å². The highest BCUT2D eigenvalue weighted by Crippen LogP contribution is 2.20. The molecule has 0 spiro atoms. The minimum atomic E-state index is -0.339. The van der Waals surface area contributed by atoms with Gasteiger partial charge in [-0.05, 0) is 24.0 Å². The molecule has 0 aliphatic carbocycles. The highest BCUT2D eigenvalue weighted by atomic mass is 16.2. The van der Waals surface area contributed by atoms with E-state index in [1.807, 2.05) is 18.2 Å². The summed E-state index contributed by atoms with van der Waals surface area (Å²) < 4.78 is 1.66. The van der Waals surface area contributed by atoms with Crippen molar-refractivity contribution in [1.29, 1.82) is 0 Å². The Kier molecular flexibility index (Phi) is 6.92. The molecule has 3 amide bonds. The molecule has 0 bridgehead atoms. The third-order valence-corrected chi connectivity index (χ3v) is 4.18. The summed E-state index contributed by atoms with van der Waals surface area (Å²) in [5.74, 6) is 1.05. The van der Waals surface area contributed by atoms with Gasteiger partial charge in [-0.15, -0.1) is 0 Å². The van der Waals surface area contributed by atoms with E-state index in [4.69, 9.17) is 0 Å². The van der Waals surface area contributed by atoms with E-state index in [1.54, 1.807) is 31.9 Å². The van der Waals surface area contributed by atoms with E-state index in [9.17, 15) is 9.59 Å². The van der Waals surface area contributed by atoms with Crippen LogP contribution in [0.25, 0.3) is 0 Å². The zero-order chi connectivity index (χ0) is 20.0. The Balaban J connectivity index is 2.12. The molecule has 2 aromatic rings. The van der Waals surface area contributed by atoms with Crippen LogP contribution in [0.5, 0.6) is 0 Å². The number of carbonyl (C=O) groups is 2. The predicted molar refractivity (Wildman–Crippen MR) is 104 cm³/mol. The van der Waals surface area contributed by atoms with Crippen molar-refractivity contribution in [2.24, 2.45) is 13.0 Å². The number of nitrogens with one attached hydrogen (secondary N) is 2. The van der Waals surface area contributed by atoms with E-state index in [0.717, 1.165) is 12.0 Å². The van der Waals surface area contributed by atoms with E-state index in [2.05, 4.69) is 34.6 Å². The van der Waals surface area contributed by atoms with Crippen LogP contribution in [0.3, 0.4) is 0 Å². The number of anilines is 1. The molecule has 0 aliphatic heterocycles. The number of rotatable bonds is 7. The third-order valence-electron chi connectivity index (χ3n) is 4.18. The lowest BCUT2D eigenvalue weighted by Crippen LogP contribution is -2.35. The second-order valence-electron chi connectivity index (χ2n) is 7.14. The molecule has 0 unspecified atom stereocenters. The summed E-state index contributed by atoms with van der Waals surface area (Å²) >= 11 is 0. The van der Waals surface area contributed by atoms with Crippen LogP contribution < -0.4 is 10.6 Å². The first-order chi connectivity index (χ1) is 12.8. The van der Waals surface area contributed by atoms with Crippen molar-refractivity contribution in [3.05, 3.63) is 42.0 Å². The first kappa shape index (κ1) is 20.4. The van der Waals surface area contributed by atoms with Crippen LogP contribution in [0.1, 0.15) is 37.7 Å². The molecule has 1 atom stereocenters. The molecule has 0 saturated heterocycles. The molecule has 8 nitrogen and oxygen atoms in total. The topological polar surface area (TPSA) is 92.2 Å². The number of carbonyl (C=O) groups excluding carboxylic acids is 2. The lowest BCUT2D eigenvalue weighted by molar-refractivity contribution is -0.127. The molecule has 27 heavy (non-hydrogen) atoms. The average molecular weight is 372 g/mol. The van der Waals surface area contributed by atoms with Crippen LogP contribution in [-0.4, -0.2) is 45.7 Å². The van der Waals surface area contributed by atoms with Gasteiger partial charge in [-0.25, -0.2) is 9.78 Å². The quantitative estimate of drug-likeness (QED) is 0.780. The van der Waals surface area contributed by atoms with Gasteiger partial charge in [0.1, 0.15) is 12.2 Å². The molecule has 1 heterocycles. The van der Waals surface area contributed by atoms with Crippen LogP contribution in [0.4, 0.5) is 10.5 Å². The molecule has 1 aromatic carbocycles. The summed E-state index contributed by atoms with van der Waals surface area (Å²) in [6.45, 7) is 4.18.